The molecule has 0 aliphatic carbocycles. The van der Waals surface area contributed by atoms with E-state index in [1.54, 1.807) is 6.07 Å². The van der Waals surface area contributed by atoms with Gasteiger partial charge in [-0.05, 0) is 18.2 Å². The number of nitro groups is 1. The minimum Gasteiger partial charge on any atom is -0.273 e. The van der Waals surface area contributed by atoms with Gasteiger partial charge in [-0.15, -0.1) is 0 Å². The van der Waals surface area contributed by atoms with Crippen LogP contribution < -0.4 is 10.9 Å². The van der Waals surface area contributed by atoms with Crippen molar-refractivity contribution >= 4 is 40.7 Å². The van der Waals surface area contributed by atoms with Crippen LogP contribution in [0, 0.1) is 10.1 Å². The largest absolute Gasteiger partial charge is 0.273 e. The fourth-order valence-corrected chi connectivity index (χ4v) is 2.30. The smallest absolute Gasteiger partial charge is 0.273 e. The highest BCUT2D eigenvalue weighted by molar-refractivity contribution is 6.35. The number of hydrogen-bond acceptors (Lipinski definition) is 4. The Morgan fingerprint density at radius 3 is 2.50 bits per heavy atom. The Balaban J connectivity index is 2.00. The third kappa shape index (κ3) is 4.43. The molecule has 0 aromatic heterocycles. The van der Waals surface area contributed by atoms with Gasteiger partial charge >= 0.3 is 0 Å². The Kier molecular flexibility index (Phi) is 5.73. The first kappa shape index (κ1) is 17.7. The lowest BCUT2D eigenvalue weighted by atomic mass is 10.1. The molecular formula is C15H11Cl2N3O4. The summed E-state index contributed by atoms with van der Waals surface area (Å²) in [5.41, 5.74) is 4.52. The van der Waals surface area contributed by atoms with E-state index in [-0.39, 0.29) is 28.3 Å². The first-order chi connectivity index (χ1) is 11.4. The molecule has 0 bridgehead atoms. The molecule has 0 spiro atoms. The zero-order valence-corrected chi connectivity index (χ0v) is 13.6. The van der Waals surface area contributed by atoms with Crippen LogP contribution in [0.2, 0.25) is 10.0 Å². The lowest BCUT2D eigenvalue weighted by Gasteiger charge is -2.09. The highest BCUT2D eigenvalue weighted by Gasteiger charge is 2.16. The van der Waals surface area contributed by atoms with Crippen LogP contribution in [0.1, 0.15) is 15.9 Å². The summed E-state index contributed by atoms with van der Waals surface area (Å²) >= 11 is 11.7. The molecule has 124 valence electrons. The molecule has 2 aromatic rings. The molecule has 0 saturated heterocycles. The van der Waals surface area contributed by atoms with Crippen LogP contribution in [0.25, 0.3) is 0 Å². The quantitative estimate of drug-likeness (QED) is 0.640. The van der Waals surface area contributed by atoms with Gasteiger partial charge in [0.1, 0.15) is 0 Å². The number of halogens is 2. The van der Waals surface area contributed by atoms with Crippen molar-refractivity contribution in [3.05, 3.63) is 73.8 Å². The van der Waals surface area contributed by atoms with E-state index >= 15 is 0 Å². The van der Waals surface area contributed by atoms with E-state index in [4.69, 9.17) is 23.2 Å². The number of carbonyl (C=O) groups is 2. The summed E-state index contributed by atoms with van der Waals surface area (Å²) in [6, 6.07) is 10.2. The van der Waals surface area contributed by atoms with Crippen LogP contribution in [0.3, 0.4) is 0 Å². The summed E-state index contributed by atoms with van der Waals surface area (Å²) in [7, 11) is 0. The average Bonchev–Trinajstić information content (AvgIpc) is 2.55. The second kappa shape index (κ2) is 7.76. The van der Waals surface area contributed by atoms with Crippen LogP contribution >= 0.6 is 23.2 Å². The van der Waals surface area contributed by atoms with E-state index in [9.17, 15) is 19.7 Å². The minimum atomic E-state index is -0.654. The number of hydrazine groups is 1. The maximum atomic E-state index is 12.0. The number of amides is 2. The van der Waals surface area contributed by atoms with E-state index in [0.29, 0.717) is 5.02 Å². The standard InChI is InChI=1S/C15H11Cl2N3O4/c16-10-5-6-12(17)11(8-10)15(22)19-18-14(21)7-9-3-1-2-4-13(9)20(23)24/h1-6,8H,7H2,(H,18,21)(H,19,22). The van der Waals surface area contributed by atoms with Gasteiger partial charge in [0.25, 0.3) is 11.6 Å². The van der Waals surface area contributed by atoms with Crippen LogP contribution in [0.15, 0.2) is 42.5 Å². The molecular weight excluding hydrogens is 357 g/mol. The van der Waals surface area contributed by atoms with E-state index in [2.05, 4.69) is 10.9 Å². The van der Waals surface area contributed by atoms with Crippen molar-refractivity contribution < 1.29 is 14.5 Å². The molecule has 2 rings (SSSR count). The molecule has 0 fully saturated rings. The Bertz CT molecular complexity index is 811. The van der Waals surface area contributed by atoms with E-state index in [1.165, 1.54) is 36.4 Å². The normalized spacial score (nSPS) is 10.1. The molecule has 24 heavy (non-hydrogen) atoms. The first-order valence-electron chi connectivity index (χ1n) is 6.65. The third-order valence-corrected chi connectivity index (χ3v) is 3.59. The van der Waals surface area contributed by atoms with Crippen LogP contribution in [-0.2, 0) is 11.2 Å². The number of benzene rings is 2. The van der Waals surface area contributed by atoms with Crippen LogP contribution in [0.4, 0.5) is 5.69 Å². The first-order valence-corrected chi connectivity index (χ1v) is 7.40. The second-order valence-electron chi connectivity index (χ2n) is 4.69. The topological polar surface area (TPSA) is 101 Å². The highest BCUT2D eigenvalue weighted by Crippen LogP contribution is 2.20. The minimum absolute atomic E-state index is 0.0927. The lowest BCUT2D eigenvalue weighted by molar-refractivity contribution is -0.385. The van der Waals surface area contributed by atoms with Crippen molar-refractivity contribution in [3.8, 4) is 0 Å². The van der Waals surface area contributed by atoms with Gasteiger partial charge < -0.3 is 0 Å². The number of para-hydroxylation sites is 1. The summed E-state index contributed by atoms with van der Waals surface area (Å²) in [4.78, 5) is 34.2. The fraction of sp³-hybridized carbons (Fsp3) is 0.0667. The Morgan fingerprint density at radius 1 is 1.08 bits per heavy atom. The van der Waals surface area contributed by atoms with Gasteiger partial charge in [-0.3, -0.25) is 30.6 Å². The monoisotopic (exact) mass is 367 g/mol. The lowest BCUT2D eigenvalue weighted by Crippen LogP contribution is -2.42. The van der Waals surface area contributed by atoms with Crippen molar-refractivity contribution in [1.82, 2.24) is 10.9 Å². The van der Waals surface area contributed by atoms with Gasteiger partial charge in [-0.2, -0.15) is 0 Å². The molecule has 0 atom stereocenters. The van der Waals surface area contributed by atoms with Crippen molar-refractivity contribution in [2.45, 2.75) is 6.42 Å². The number of nitrogens with one attached hydrogen (secondary N) is 2. The molecule has 2 aromatic carbocycles. The summed E-state index contributed by atoms with van der Waals surface area (Å²) in [5, 5.41) is 11.4. The maximum absolute atomic E-state index is 12.0. The molecule has 0 unspecified atom stereocenters. The molecule has 0 heterocycles. The number of rotatable bonds is 4. The molecule has 0 aliphatic heterocycles. The van der Waals surface area contributed by atoms with Gasteiger partial charge in [0.05, 0.1) is 21.9 Å². The third-order valence-electron chi connectivity index (χ3n) is 3.03. The summed E-state index contributed by atoms with van der Waals surface area (Å²) in [6.07, 6.45) is -0.263. The molecule has 0 aliphatic rings. The number of carbonyl (C=O) groups excluding carboxylic acids is 2. The maximum Gasteiger partial charge on any atom is 0.273 e. The zero-order chi connectivity index (χ0) is 17.7. The summed E-state index contributed by atoms with van der Waals surface area (Å²) < 4.78 is 0. The van der Waals surface area contributed by atoms with Gasteiger partial charge in [0, 0.05) is 16.7 Å². The van der Waals surface area contributed by atoms with Crippen molar-refractivity contribution in [2.24, 2.45) is 0 Å². The fourth-order valence-electron chi connectivity index (χ4n) is 1.92. The van der Waals surface area contributed by atoms with E-state index in [0.717, 1.165) is 0 Å². The van der Waals surface area contributed by atoms with Crippen molar-refractivity contribution in [1.29, 1.82) is 0 Å². The predicted octanol–water partition coefficient (Wildman–Crippen LogP) is 2.91. The van der Waals surface area contributed by atoms with E-state index < -0.39 is 16.7 Å². The zero-order valence-electron chi connectivity index (χ0n) is 12.1. The molecule has 2 amide bonds. The van der Waals surface area contributed by atoms with Gasteiger partial charge in [0.2, 0.25) is 5.91 Å². The summed E-state index contributed by atoms with van der Waals surface area (Å²) in [5.74, 6) is -1.27. The van der Waals surface area contributed by atoms with Gasteiger partial charge in [-0.25, -0.2) is 0 Å². The highest BCUT2D eigenvalue weighted by atomic mass is 35.5. The Hall–Kier alpha value is -2.64. The molecule has 7 nitrogen and oxygen atoms in total. The molecule has 0 saturated carbocycles. The number of nitro benzene ring substituents is 1. The van der Waals surface area contributed by atoms with Crippen molar-refractivity contribution in [2.75, 3.05) is 0 Å². The number of hydrogen-bond donors (Lipinski definition) is 2. The number of nitrogens with zero attached hydrogens (tertiary/aromatic N) is 1. The average molecular weight is 368 g/mol. The van der Waals surface area contributed by atoms with Crippen LogP contribution in [-0.4, -0.2) is 16.7 Å². The van der Waals surface area contributed by atoms with Crippen molar-refractivity contribution in [3.63, 3.8) is 0 Å². The van der Waals surface area contributed by atoms with Gasteiger partial charge in [0.15, 0.2) is 0 Å². The Morgan fingerprint density at radius 2 is 1.79 bits per heavy atom. The molecule has 9 heteroatoms. The second-order valence-corrected chi connectivity index (χ2v) is 5.53. The Labute approximate surface area is 146 Å². The predicted molar refractivity (Wildman–Crippen MR) is 88.9 cm³/mol. The van der Waals surface area contributed by atoms with Crippen LogP contribution in [0.5, 0.6) is 0 Å². The van der Waals surface area contributed by atoms with Gasteiger partial charge in [-0.1, -0.05) is 41.4 Å². The summed E-state index contributed by atoms with van der Waals surface area (Å²) in [6.45, 7) is 0. The molecule has 2 N–H and O–H groups in total. The van der Waals surface area contributed by atoms with E-state index in [1.807, 2.05) is 0 Å². The molecule has 0 radical (unpaired) electrons. The SMILES string of the molecule is O=C(Cc1ccccc1[N+](=O)[O-])NNC(=O)c1cc(Cl)ccc1Cl.